The SMILES string of the molecule is CC(C)(C)c1ccc2c(-c3c(O)ccc4ccccc34)c(O)c(C(=O)O)cc2c1. The lowest BCUT2D eigenvalue weighted by atomic mass is 9.84. The third-order valence-electron chi connectivity index (χ3n) is 5.37. The first-order chi connectivity index (χ1) is 13.7. The quantitative estimate of drug-likeness (QED) is 0.391. The number of aromatic carboxylic acids is 1. The molecule has 0 bridgehead atoms. The molecular weight excluding hydrogens is 364 g/mol. The first kappa shape index (κ1) is 18.8. The summed E-state index contributed by atoms with van der Waals surface area (Å²) in [7, 11) is 0. The van der Waals surface area contributed by atoms with Gasteiger partial charge >= 0.3 is 5.97 Å². The monoisotopic (exact) mass is 386 g/mol. The van der Waals surface area contributed by atoms with Crippen LogP contribution in [0.3, 0.4) is 0 Å². The van der Waals surface area contributed by atoms with Crippen LogP contribution in [0, 0.1) is 0 Å². The maximum Gasteiger partial charge on any atom is 0.339 e. The zero-order chi connectivity index (χ0) is 20.9. The van der Waals surface area contributed by atoms with Gasteiger partial charge in [0.15, 0.2) is 0 Å². The number of hydrogen-bond acceptors (Lipinski definition) is 3. The molecule has 0 spiro atoms. The smallest absolute Gasteiger partial charge is 0.339 e. The molecule has 146 valence electrons. The van der Waals surface area contributed by atoms with Crippen molar-refractivity contribution < 1.29 is 20.1 Å². The minimum absolute atomic E-state index is 0.0114. The number of fused-ring (bicyclic) bond motifs is 2. The van der Waals surface area contributed by atoms with Crippen LogP contribution in [0.5, 0.6) is 11.5 Å². The molecule has 0 saturated heterocycles. The van der Waals surface area contributed by atoms with Gasteiger partial charge in [0.05, 0.1) is 0 Å². The van der Waals surface area contributed by atoms with Crippen LogP contribution < -0.4 is 0 Å². The van der Waals surface area contributed by atoms with Crippen LogP contribution in [0.2, 0.25) is 0 Å². The highest BCUT2D eigenvalue weighted by molar-refractivity contribution is 6.13. The summed E-state index contributed by atoms with van der Waals surface area (Å²) in [4.78, 5) is 11.9. The lowest BCUT2D eigenvalue weighted by molar-refractivity contribution is 0.0694. The van der Waals surface area contributed by atoms with E-state index in [1.807, 2.05) is 42.5 Å². The fourth-order valence-corrected chi connectivity index (χ4v) is 3.80. The summed E-state index contributed by atoms with van der Waals surface area (Å²) in [6.07, 6.45) is 0. The van der Waals surface area contributed by atoms with Crippen LogP contribution in [-0.2, 0) is 5.41 Å². The van der Waals surface area contributed by atoms with Gasteiger partial charge in [-0.05, 0) is 44.7 Å². The van der Waals surface area contributed by atoms with Crippen LogP contribution in [0.25, 0.3) is 32.7 Å². The molecule has 3 N–H and O–H groups in total. The highest BCUT2D eigenvalue weighted by Crippen LogP contribution is 2.46. The molecule has 0 heterocycles. The second-order valence-electron chi connectivity index (χ2n) is 8.32. The van der Waals surface area contributed by atoms with Gasteiger partial charge < -0.3 is 15.3 Å². The number of hydrogen-bond donors (Lipinski definition) is 3. The van der Waals surface area contributed by atoms with E-state index in [1.54, 1.807) is 12.1 Å². The van der Waals surface area contributed by atoms with E-state index in [2.05, 4.69) is 20.8 Å². The van der Waals surface area contributed by atoms with E-state index in [0.717, 1.165) is 16.3 Å². The van der Waals surface area contributed by atoms with Crippen LogP contribution in [0.15, 0.2) is 60.7 Å². The summed E-state index contributed by atoms with van der Waals surface area (Å²) in [6.45, 7) is 6.26. The lowest BCUT2D eigenvalue weighted by Crippen LogP contribution is -2.10. The molecule has 0 aliphatic carbocycles. The summed E-state index contributed by atoms with van der Waals surface area (Å²) in [5.74, 6) is -1.57. The standard InChI is InChI=1S/C25H22O4/c1-25(2,3)16-9-10-18-15(12-16)13-19(24(28)29)23(27)22(18)21-17-7-5-4-6-14(17)8-11-20(21)26/h4-13,26-27H,1-3H3,(H,28,29). The number of aromatic hydroxyl groups is 2. The topological polar surface area (TPSA) is 77.8 Å². The second kappa shape index (κ2) is 6.52. The Kier molecular flexibility index (Phi) is 4.23. The number of benzene rings is 4. The minimum atomic E-state index is -1.22. The largest absolute Gasteiger partial charge is 0.507 e. The molecule has 0 fully saturated rings. The molecule has 0 amide bonds. The lowest BCUT2D eigenvalue weighted by Gasteiger charge is -2.21. The van der Waals surface area contributed by atoms with Crippen LogP contribution in [-0.4, -0.2) is 21.3 Å². The Bertz CT molecular complexity index is 1280. The van der Waals surface area contributed by atoms with Crippen molar-refractivity contribution in [3.63, 3.8) is 0 Å². The molecule has 29 heavy (non-hydrogen) atoms. The van der Waals surface area contributed by atoms with E-state index in [4.69, 9.17) is 0 Å². The third kappa shape index (κ3) is 3.07. The molecule has 4 aromatic rings. The third-order valence-corrected chi connectivity index (χ3v) is 5.37. The Labute approximate surface area is 168 Å². The highest BCUT2D eigenvalue weighted by Gasteiger charge is 2.23. The summed E-state index contributed by atoms with van der Waals surface area (Å²) in [5, 5.41) is 34.3. The fraction of sp³-hybridized carbons (Fsp3) is 0.160. The van der Waals surface area contributed by atoms with E-state index < -0.39 is 5.97 Å². The molecule has 4 rings (SSSR count). The maximum atomic E-state index is 11.9. The molecule has 0 radical (unpaired) electrons. The zero-order valence-electron chi connectivity index (χ0n) is 16.5. The van der Waals surface area contributed by atoms with E-state index >= 15 is 0 Å². The number of phenols is 2. The fourth-order valence-electron chi connectivity index (χ4n) is 3.80. The molecule has 4 heteroatoms. The molecule has 4 nitrogen and oxygen atoms in total. The molecule has 0 saturated carbocycles. The van der Waals surface area contributed by atoms with Gasteiger partial charge in [-0.25, -0.2) is 4.79 Å². The number of carbonyl (C=O) groups is 1. The molecule has 0 aliphatic heterocycles. The van der Waals surface area contributed by atoms with E-state index in [0.29, 0.717) is 21.9 Å². The van der Waals surface area contributed by atoms with Gasteiger partial charge in [0.25, 0.3) is 0 Å². The number of phenolic OH excluding ortho intramolecular Hbond substituents is 1. The van der Waals surface area contributed by atoms with Crippen LogP contribution in [0.4, 0.5) is 0 Å². The normalized spacial score (nSPS) is 11.8. The Morgan fingerprint density at radius 3 is 2.17 bits per heavy atom. The first-order valence-electron chi connectivity index (χ1n) is 9.43. The average Bonchev–Trinajstić information content (AvgIpc) is 2.67. The summed E-state index contributed by atoms with van der Waals surface area (Å²) in [5.41, 5.74) is 1.51. The van der Waals surface area contributed by atoms with Crippen molar-refractivity contribution in [1.29, 1.82) is 0 Å². The molecule has 0 aliphatic rings. The van der Waals surface area contributed by atoms with Gasteiger partial charge in [0, 0.05) is 11.1 Å². The van der Waals surface area contributed by atoms with Gasteiger partial charge in [-0.1, -0.05) is 69.3 Å². The van der Waals surface area contributed by atoms with Gasteiger partial charge in [-0.3, -0.25) is 0 Å². The minimum Gasteiger partial charge on any atom is -0.507 e. The molecule has 0 atom stereocenters. The predicted molar refractivity (Wildman–Crippen MR) is 116 cm³/mol. The van der Waals surface area contributed by atoms with Crippen molar-refractivity contribution >= 4 is 27.5 Å². The van der Waals surface area contributed by atoms with Crippen molar-refractivity contribution in [2.75, 3.05) is 0 Å². The van der Waals surface area contributed by atoms with E-state index in [-0.39, 0.29) is 22.5 Å². The Balaban J connectivity index is 2.19. The predicted octanol–water partition coefficient (Wildman–Crippen LogP) is 6.07. The van der Waals surface area contributed by atoms with Crippen molar-refractivity contribution in [3.05, 3.63) is 71.8 Å². The summed E-state index contributed by atoms with van der Waals surface area (Å²) in [6, 6.07) is 18.2. The van der Waals surface area contributed by atoms with Gasteiger partial charge in [0.1, 0.15) is 17.1 Å². The van der Waals surface area contributed by atoms with Gasteiger partial charge in [-0.15, -0.1) is 0 Å². The van der Waals surface area contributed by atoms with Crippen molar-refractivity contribution in [2.45, 2.75) is 26.2 Å². The Morgan fingerprint density at radius 1 is 0.793 bits per heavy atom. The maximum absolute atomic E-state index is 11.9. The molecule has 0 aromatic heterocycles. The summed E-state index contributed by atoms with van der Waals surface area (Å²) >= 11 is 0. The van der Waals surface area contributed by atoms with Gasteiger partial charge in [0.2, 0.25) is 0 Å². The van der Waals surface area contributed by atoms with Crippen LogP contribution in [0.1, 0.15) is 36.7 Å². The van der Waals surface area contributed by atoms with Gasteiger partial charge in [-0.2, -0.15) is 0 Å². The molecule has 4 aromatic carbocycles. The van der Waals surface area contributed by atoms with Crippen molar-refractivity contribution in [3.8, 4) is 22.6 Å². The number of carboxylic acids is 1. The molecule has 0 unspecified atom stereocenters. The first-order valence-corrected chi connectivity index (χ1v) is 9.43. The van der Waals surface area contributed by atoms with Crippen LogP contribution >= 0.6 is 0 Å². The second-order valence-corrected chi connectivity index (χ2v) is 8.32. The Morgan fingerprint density at radius 2 is 1.48 bits per heavy atom. The highest BCUT2D eigenvalue weighted by atomic mass is 16.4. The zero-order valence-corrected chi connectivity index (χ0v) is 16.5. The molecular formula is C25H22O4. The number of carboxylic acid groups (broad SMARTS) is 1. The van der Waals surface area contributed by atoms with E-state index in [9.17, 15) is 20.1 Å². The van der Waals surface area contributed by atoms with E-state index in [1.165, 1.54) is 6.07 Å². The average molecular weight is 386 g/mol. The van der Waals surface area contributed by atoms with Crippen molar-refractivity contribution in [1.82, 2.24) is 0 Å². The Hall–Kier alpha value is -3.53. The van der Waals surface area contributed by atoms with Crippen molar-refractivity contribution in [2.24, 2.45) is 0 Å². The summed E-state index contributed by atoms with van der Waals surface area (Å²) < 4.78 is 0. The number of rotatable bonds is 2.